The van der Waals surface area contributed by atoms with E-state index in [-0.39, 0.29) is 11.3 Å². The molecule has 1 aromatic carbocycles. The van der Waals surface area contributed by atoms with Gasteiger partial charge in [0.2, 0.25) is 0 Å². The van der Waals surface area contributed by atoms with E-state index in [1.807, 2.05) is 30.2 Å². The zero-order valence-electron chi connectivity index (χ0n) is 10.8. The first-order valence-electron chi connectivity index (χ1n) is 5.89. The van der Waals surface area contributed by atoms with Crippen molar-refractivity contribution in [3.8, 4) is 0 Å². The van der Waals surface area contributed by atoms with Crippen molar-refractivity contribution in [1.29, 1.82) is 0 Å². The molecule has 0 fully saturated rings. The fourth-order valence-corrected chi connectivity index (χ4v) is 2.29. The molecular formula is C15H12BrNO3. The number of methoxy groups -OCH3 is 1. The minimum Gasteiger partial charge on any atom is -0.465 e. The van der Waals surface area contributed by atoms with Gasteiger partial charge >= 0.3 is 5.97 Å². The Kier molecular flexibility index (Phi) is 4.56. The molecule has 0 saturated carbocycles. The standard InChI is InChI=1S/C15H12BrNO3/c1-20-15(19)12-6-4-8-17(14(12)10-18)9-11-5-2-3-7-13(11)16/h2-8H,9H2,1H3. The summed E-state index contributed by atoms with van der Waals surface area (Å²) in [6, 6.07) is 7.69. The zero-order chi connectivity index (χ0) is 14.5. The van der Waals surface area contributed by atoms with Crippen LogP contribution in [0.3, 0.4) is 0 Å². The maximum Gasteiger partial charge on any atom is 0.340 e. The van der Waals surface area contributed by atoms with Gasteiger partial charge in [0.15, 0.2) is 5.94 Å². The minimum absolute atomic E-state index is 0.176. The average Bonchev–Trinajstić information content (AvgIpc) is 2.48. The van der Waals surface area contributed by atoms with Crippen LogP contribution in [0.4, 0.5) is 0 Å². The van der Waals surface area contributed by atoms with Crippen LogP contribution in [0.5, 0.6) is 0 Å². The van der Waals surface area contributed by atoms with Gasteiger partial charge in [-0.25, -0.2) is 9.59 Å². The van der Waals surface area contributed by atoms with Gasteiger partial charge in [-0.2, -0.15) is 0 Å². The van der Waals surface area contributed by atoms with Gasteiger partial charge in [-0.15, -0.1) is 0 Å². The normalized spacial score (nSPS) is 13.8. The molecule has 0 amide bonds. The van der Waals surface area contributed by atoms with Crippen LogP contribution >= 0.6 is 15.9 Å². The molecule has 4 nitrogen and oxygen atoms in total. The number of benzene rings is 1. The number of hydrogen-bond donors (Lipinski definition) is 0. The molecule has 1 heterocycles. The summed E-state index contributed by atoms with van der Waals surface area (Å²) in [6.45, 7) is 0.455. The molecule has 5 heteroatoms. The third-order valence-corrected chi connectivity index (χ3v) is 3.65. The number of esters is 1. The summed E-state index contributed by atoms with van der Waals surface area (Å²) in [4.78, 5) is 24.5. The number of ether oxygens (including phenoxy) is 1. The quantitative estimate of drug-likeness (QED) is 0.630. The Balaban J connectivity index is 2.29. The van der Waals surface area contributed by atoms with Gasteiger partial charge in [0, 0.05) is 17.2 Å². The lowest BCUT2D eigenvalue weighted by molar-refractivity contribution is -0.135. The highest BCUT2D eigenvalue weighted by molar-refractivity contribution is 9.10. The average molecular weight is 334 g/mol. The molecule has 0 aliphatic carbocycles. The van der Waals surface area contributed by atoms with Crippen molar-refractivity contribution >= 4 is 27.8 Å². The predicted octanol–water partition coefficient (Wildman–Crippen LogP) is 2.59. The Morgan fingerprint density at radius 2 is 2.15 bits per heavy atom. The van der Waals surface area contributed by atoms with Crippen LogP contribution in [0.15, 0.2) is 58.4 Å². The molecule has 102 valence electrons. The number of halogens is 1. The highest BCUT2D eigenvalue weighted by Gasteiger charge is 2.23. The first kappa shape index (κ1) is 14.3. The van der Waals surface area contributed by atoms with Crippen molar-refractivity contribution in [2.24, 2.45) is 0 Å². The highest BCUT2D eigenvalue weighted by atomic mass is 79.9. The van der Waals surface area contributed by atoms with Crippen molar-refractivity contribution in [3.05, 3.63) is 63.9 Å². The van der Waals surface area contributed by atoms with Crippen LogP contribution in [0.2, 0.25) is 0 Å². The SMILES string of the molecule is COC(=O)C1=CC=CN(Cc2ccccc2Br)C1=C=O. The second-order valence-electron chi connectivity index (χ2n) is 4.08. The maximum absolute atomic E-state index is 11.6. The van der Waals surface area contributed by atoms with Crippen molar-refractivity contribution < 1.29 is 14.3 Å². The van der Waals surface area contributed by atoms with E-state index in [1.54, 1.807) is 23.3 Å². The fraction of sp³-hybridized carbons (Fsp3) is 0.133. The highest BCUT2D eigenvalue weighted by Crippen LogP contribution is 2.24. The van der Waals surface area contributed by atoms with Gasteiger partial charge in [0.25, 0.3) is 0 Å². The molecule has 0 radical (unpaired) electrons. The maximum atomic E-state index is 11.6. The first-order valence-corrected chi connectivity index (χ1v) is 6.69. The molecule has 0 N–H and O–H groups in total. The van der Waals surface area contributed by atoms with Crippen molar-refractivity contribution in [3.63, 3.8) is 0 Å². The predicted molar refractivity (Wildman–Crippen MR) is 78.1 cm³/mol. The fourth-order valence-electron chi connectivity index (χ4n) is 1.88. The van der Waals surface area contributed by atoms with Gasteiger partial charge in [-0.05, 0) is 23.8 Å². The van der Waals surface area contributed by atoms with E-state index in [1.165, 1.54) is 7.11 Å². The number of hydrogen-bond acceptors (Lipinski definition) is 4. The molecular weight excluding hydrogens is 322 g/mol. The van der Waals surface area contributed by atoms with E-state index >= 15 is 0 Å². The van der Waals surface area contributed by atoms with Crippen LogP contribution in [0, 0.1) is 0 Å². The number of nitrogens with zero attached hydrogens (tertiary/aromatic N) is 1. The Morgan fingerprint density at radius 1 is 1.40 bits per heavy atom. The monoisotopic (exact) mass is 333 g/mol. The van der Waals surface area contributed by atoms with E-state index in [2.05, 4.69) is 20.7 Å². The summed E-state index contributed by atoms with van der Waals surface area (Å²) in [5, 5.41) is 0. The van der Waals surface area contributed by atoms with E-state index < -0.39 is 5.97 Å². The third kappa shape index (κ3) is 2.90. The Hall–Kier alpha value is -2.10. The van der Waals surface area contributed by atoms with Crippen LogP contribution in [-0.2, 0) is 20.9 Å². The van der Waals surface area contributed by atoms with Crippen LogP contribution in [0.25, 0.3) is 0 Å². The van der Waals surface area contributed by atoms with Crippen LogP contribution in [-0.4, -0.2) is 23.9 Å². The van der Waals surface area contributed by atoms with Crippen LogP contribution in [0.1, 0.15) is 5.56 Å². The number of allylic oxidation sites excluding steroid dienone is 2. The smallest absolute Gasteiger partial charge is 0.340 e. The van der Waals surface area contributed by atoms with Crippen molar-refractivity contribution in [2.45, 2.75) is 6.54 Å². The Labute approximate surface area is 125 Å². The Bertz CT molecular complexity index is 642. The second-order valence-corrected chi connectivity index (χ2v) is 4.94. The molecule has 0 saturated heterocycles. The Morgan fingerprint density at radius 3 is 2.80 bits per heavy atom. The molecule has 0 atom stereocenters. The van der Waals surface area contributed by atoms with E-state index in [9.17, 15) is 9.59 Å². The van der Waals surface area contributed by atoms with Gasteiger partial charge < -0.3 is 9.64 Å². The van der Waals surface area contributed by atoms with Gasteiger partial charge in [0.1, 0.15) is 5.70 Å². The second kappa shape index (κ2) is 6.37. The van der Waals surface area contributed by atoms with E-state index in [0.717, 1.165) is 10.0 Å². The third-order valence-electron chi connectivity index (χ3n) is 2.87. The summed E-state index contributed by atoms with van der Waals surface area (Å²) in [5.74, 6) is 1.26. The molecule has 0 aromatic heterocycles. The molecule has 1 aromatic rings. The molecule has 0 spiro atoms. The summed E-state index contributed by atoms with van der Waals surface area (Å²) >= 11 is 3.46. The number of rotatable bonds is 3. The summed E-state index contributed by atoms with van der Waals surface area (Å²) in [7, 11) is 1.28. The zero-order valence-corrected chi connectivity index (χ0v) is 12.4. The number of carbonyl (C=O) groups excluding carboxylic acids is 2. The molecule has 0 bridgehead atoms. The van der Waals surface area contributed by atoms with Crippen molar-refractivity contribution in [2.75, 3.05) is 7.11 Å². The summed E-state index contributed by atoms with van der Waals surface area (Å²) in [5.41, 5.74) is 1.38. The van der Waals surface area contributed by atoms with Gasteiger partial charge in [-0.1, -0.05) is 34.1 Å². The molecule has 20 heavy (non-hydrogen) atoms. The molecule has 1 aliphatic heterocycles. The van der Waals surface area contributed by atoms with Gasteiger partial charge in [0.05, 0.1) is 12.7 Å². The summed E-state index contributed by atoms with van der Waals surface area (Å²) in [6.07, 6.45) is 4.97. The van der Waals surface area contributed by atoms with E-state index in [0.29, 0.717) is 6.54 Å². The topological polar surface area (TPSA) is 46.6 Å². The van der Waals surface area contributed by atoms with Crippen molar-refractivity contribution in [1.82, 2.24) is 4.90 Å². The minimum atomic E-state index is -0.551. The van der Waals surface area contributed by atoms with E-state index in [4.69, 9.17) is 0 Å². The lowest BCUT2D eigenvalue weighted by atomic mass is 10.1. The number of carbonyl (C=O) groups is 1. The summed E-state index contributed by atoms with van der Waals surface area (Å²) < 4.78 is 5.61. The van der Waals surface area contributed by atoms with Crippen LogP contribution < -0.4 is 0 Å². The molecule has 0 unspecified atom stereocenters. The first-order chi connectivity index (χ1) is 9.67. The molecule has 2 rings (SSSR count). The van der Waals surface area contributed by atoms with Gasteiger partial charge in [-0.3, -0.25) is 0 Å². The lowest BCUT2D eigenvalue weighted by Gasteiger charge is -2.24. The molecule has 1 aliphatic rings. The lowest BCUT2D eigenvalue weighted by Crippen LogP contribution is -2.24. The largest absolute Gasteiger partial charge is 0.465 e.